The zero-order chi connectivity index (χ0) is 24.1. The van der Waals surface area contributed by atoms with E-state index in [0.717, 1.165) is 44.6 Å². The van der Waals surface area contributed by atoms with Gasteiger partial charge in [0.15, 0.2) is 0 Å². The number of carbonyl (C=O) groups excluding carboxylic acids is 1. The Morgan fingerprint density at radius 3 is 2.32 bits per heavy atom. The molecule has 3 fully saturated rings. The number of nitrogens with zero attached hydrogens (tertiary/aromatic N) is 1. The first-order valence-corrected chi connectivity index (χ1v) is 12.7. The van der Waals surface area contributed by atoms with Crippen LogP contribution in [0, 0.1) is 11.3 Å². The van der Waals surface area contributed by atoms with Gasteiger partial charge in [0.1, 0.15) is 17.5 Å². The molecule has 0 spiro atoms. The number of fused-ring (bicyclic) bond motifs is 4. The van der Waals surface area contributed by atoms with E-state index in [-0.39, 0.29) is 29.3 Å². The Labute approximate surface area is 203 Å². The van der Waals surface area contributed by atoms with Crippen molar-refractivity contribution in [3.8, 4) is 16.9 Å². The van der Waals surface area contributed by atoms with Crippen molar-refractivity contribution in [3.05, 3.63) is 53.6 Å². The van der Waals surface area contributed by atoms with Gasteiger partial charge in [-0.25, -0.2) is 4.79 Å². The van der Waals surface area contributed by atoms with Crippen LogP contribution in [0.3, 0.4) is 0 Å². The van der Waals surface area contributed by atoms with Gasteiger partial charge in [-0.3, -0.25) is 4.90 Å². The van der Waals surface area contributed by atoms with E-state index in [1.165, 1.54) is 22.3 Å². The topological polar surface area (TPSA) is 50.8 Å². The molecule has 1 amide bonds. The van der Waals surface area contributed by atoms with E-state index < -0.39 is 0 Å². The standard InChI is InChI=1S/C29H38N2O3/c1-28(2,3)34-23-9-6-19(7-10-23)21-8-11-24-22(16-21)17-29(4,5)26(24)30-27(32)33-25-18-31-14-12-20(25)13-15-31/h6-11,16,20,25-26H,12-15,17-18H2,1-5H3,(H,30,32)/t25-,26+/m1/s1. The molecule has 3 heterocycles. The third kappa shape index (κ3) is 4.81. The average Bonchev–Trinajstić information content (AvgIpc) is 3.02. The first kappa shape index (κ1) is 23.2. The molecule has 182 valence electrons. The molecule has 2 bridgehead atoms. The van der Waals surface area contributed by atoms with Crippen molar-refractivity contribution < 1.29 is 14.3 Å². The van der Waals surface area contributed by atoms with Gasteiger partial charge in [-0.15, -0.1) is 0 Å². The Kier molecular flexibility index (Phi) is 5.87. The predicted molar refractivity (Wildman–Crippen MR) is 135 cm³/mol. The fourth-order valence-corrected chi connectivity index (χ4v) is 5.91. The molecule has 6 rings (SSSR count). The van der Waals surface area contributed by atoms with Crippen LogP contribution >= 0.6 is 0 Å². The van der Waals surface area contributed by atoms with E-state index in [0.29, 0.717) is 5.92 Å². The van der Waals surface area contributed by atoms with Crippen LogP contribution in [0.25, 0.3) is 11.1 Å². The van der Waals surface area contributed by atoms with Crippen molar-refractivity contribution in [3.63, 3.8) is 0 Å². The zero-order valence-corrected chi connectivity index (χ0v) is 21.2. The number of carbonyl (C=O) groups is 1. The molecule has 0 aromatic heterocycles. The Morgan fingerprint density at radius 1 is 1.03 bits per heavy atom. The third-order valence-corrected chi connectivity index (χ3v) is 7.61. The van der Waals surface area contributed by atoms with Crippen LogP contribution in [0.1, 0.15) is 64.6 Å². The SMILES string of the molecule is CC(C)(C)Oc1ccc(-c2ccc3c(c2)CC(C)(C)[C@H]3NC(=O)O[C@@H]2CN3CCC2CC3)cc1. The van der Waals surface area contributed by atoms with E-state index in [9.17, 15) is 4.79 Å². The maximum atomic E-state index is 12.9. The molecule has 34 heavy (non-hydrogen) atoms. The van der Waals surface area contributed by atoms with E-state index in [1.54, 1.807) is 0 Å². The van der Waals surface area contributed by atoms with E-state index in [2.05, 4.69) is 75.2 Å². The van der Waals surface area contributed by atoms with Gasteiger partial charge in [0.2, 0.25) is 0 Å². The molecule has 0 radical (unpaired) electrons. The number of alkyl carbamates (subject to hydrolysis) is 1. The summed E-state index contributed by atoms with van der Waals surface area (Å²) in [7, 11) is 0. The van der Waals surface area contributed by atoms with Crippen LogP contribution in [0.15, 0.2) is 42.5 Å². The average molecular weight is 463 g/mol. The highest BCUT2D eigenvalue weighted by Crippen LogP contribution is 2.46. The van der Waals surface area contributed by atoms with Crippen LogP contribution < -0.4 is 10.1 Å². The second kappa shape index (κ2) is 8.60. The molecule has 5 heteroatoms. The van der Waals surface area contributed by atoms with Crippen LogP contribution in [-0.2, 0) is 11.2 Å². The van der Waals surface area contributed by atoms with Gasteiger partial charge in [0, 0.05) is 6.54 Å². The van der Waals surface area contributed by atoms with E-state index in [4.69, 9.17) is 9.47 Å². The molecule has 5 nitrogen and oxygen atoms in total. The molecule has 3 saturated heterocycles. The van der Waals surface area contributed by atoms with Crippen LogP contribution in [0.2, 0.25) is 0 Å². The number of hydrogen-bond acceptors (Lipinski definition) is 4. The second-order valence-corrected chi connectivity index (χ2v) is 12.0. The van der Waals surface area contributed by atoms with Crippen molar-refractivity contribution in [2.45, 2.75) is 71.6 Å². The van der Waals surface area contributed by atoms with Crippen LogP contribution in [-0.4, -0.2) is 42.3 Å². The molecule has 2 aromatic rings. The maximum Gasteiger partial charge on any atom is 0.407 e. The normalized spacial score (nSPS) is 27.2. The number of nitrogens with one attached hydrogen (secondary N) is 1. The van der Waals surface area contributed by atoms with Crippen molar-refractivity contribution >= 4 is 6.09 Å². The number of benzene rings is 2. The van der Waals surface area contributed by atoms with Gasteiger partial charge < -0.3 is 14.8 Å². The van der Waals surface area contributed by atoms with Gasteiger partial charge in [0.25, 0.3) is 0 Å². The Morgan fingerprint density at radius 2 is 1.71 bits per heavy atom. The summed E-state index contributed by atoms with van der Waals surface area (Å²) in [5, 5.41) is 3.22. The summed E-state index contributed by atoms with van der Waals surface area (Å²) in [5.41, 5.74) is 4.57. The summed E-state index contributed by atoms with van der Waals surface area (Å²) in [6.45, 7) is 13.8. The van der Waals surface area contributed by atoms with Gasteiger partial charge in [-0.1, -0.05) is 44.2 Å². The summed E-state index contributed by atoms with van der Waals surface area (Å²) >= 11 is 0. The van der Waals surface area contributed by atoms with Gasteiger partial charge >= 0.3 is 6.09 Å². The molecular formula is C29H38N2O3. The number of ether oxygens (including phenoxy) is 2. The lowest BCUT2D eigenvalue weighted by Crippen LogP contribution is -2.53. The highest BCUT2D eigenvalue weighted by molar-refractivity contribution is 5.70. The number of amides is 1. The lowest BCUT2D eigenvalue weighted by atomic mass is 9.85. The highest BCUT2D eigenvalue weighted by atomic mass is 16.6. The maximum absolute atomic E-state index is 12.9. The van der Waals surface area contributed by atoms with Gasteiger partial charge in [0.05, 0.1) is 6.04 Å². The molecule has 3 aliphatic heterocycles. The molecule has 4 aliphatic rings. The van der Waals surface area contributed by atoms with Gasteiger partial charge in [-0.2, -0.15) is 0 Å². The Hall–Kier alpha value is -2.53. The molecule has 0 saturated carbocycles. The molecule has 0 unspecified atom stereocenters. The third-order valence-electron chi connectivity index (χ3n) is 7.61. The second-order valence-electron chi connectivity index (χ2n) is 12.0. The number of rotatable bonds is 4. The first-order valence-electron chi connectivity index (χ1n) is 12.7. The summed E-state index contributed by atoms with van der Waals surface area (Å²) < 4.78 is 11.9. The van der Waals surface area contributed by atoms with E-state index >= 15 is 0 Å². The Bertz CT molecular complexity index is 1050. The van der Waals surface area contributed by atoms with Crippen LogP contribution in [0.4, 0.5) is 4.79 Å². The first-order chi connectivity index (χ1) is 16.1. The van der Waals surface area contributed by atoms with Gasteiger partial charge in [-0.05, 0) is 98.8 Å². The minimum absolute atomic E-state index is 0.0269. The van der Waals surface area contributed by atoms with Crippen molar-refractivity contribution in [1.29, 1.82) is 0 Å². The lowest BCUT2D eigenvalue weighted by Gasteiger charge is -2.44. The number of piperidine rings is 3. The monoisotopic (exact) mass is 462 g/mol. The number of hydrogen-bond donors (Lipinski definition) is 1. The lowest BCUT2D eigenvalue weighted by molar-refractivity contribution is -0.0348. The van der Waals surface area contributed by atoms with Crippen molar-refractivity contribution in [2.75, 3.05) is 19.6 Å². The highest BCUT2D eigenvalue weighted by Gasteiger charge is 2.42. The summed E-state index contributed by atoms with van der Waals surface area (Å²) in [5.74, 6) is 1.40. The predicted octanol–water partition coefficient (Wildman–Crippen LogP) is 5.97. The Balaban J connectivity index is 1.29. The zero-order valence-electron chi connectivity index (χ0n) is 21.2. The fraction of sp³-hybridized carbons (Fsp3) is 0.552. The summed E-state index contributed by atoms with van der Waals surface area (Å²) in [6.07, 6.45) is 2.96. The molecule has 2 aromatic carbocycles. The van der Waals surface area contributed by atoms with Crippen molar-refractivity contribution in [1.82, 2.24) is 10.2 Å². The minimum Gasteiger partial charge on any atom is -0.488 e. The van der Waals surface area contributed by atoms with Crippen LogP contribution in [0.5, 0.6) is 5.75 Å². The molecule has 1 aliphatic carbocycles. The minimum atomic E-state index is -0.275. The largest absolute Gasteiger partial charge is 0.488 e. The molecule has 2 atom stereocenters. The summed E-state index contributed by atoms with van der Waals surface area (Å²) in [6, 6.07) is 14.9. The smallest absolute Gasteiger partial charge is 0.407 e. The van der Waals surface area contributed by atoms with Crippen molar-refractivity contribution in [2.24, 2.45) is 11.3 Å². The van der Waals surface area contributed by atoms with E-state index in [1.807, 2.05) is 12.1 Å². The molecular weight excluding hydrogens is 424 g/mol. The molecule has 1 N–H and O–H groups in total. The fourth-order valence-electron chi connectivity index (χ4n) is 5.91. The summed E-state index contributed by atoms with van der Waals surface area (Å²) in [4.78, 5) is 15.3. The quantitative estimate of drug-likeness (QED) is 0.608.